The largest absolute Gasteiger partial charge is 0.497 e. The Hall–Kier alpha value is -2.82. The van der Waals surface area contributed by atoms with Crippen LogP contribution in [0.15, 0.2) is 66.7 Å². The van der Waals surface area contributed by atoms with E-state index in [1.165, 1.54) is 32.9 Å². The summed E-state index contributed by atoms with van der Waals surface area (Å²) in [6.07, 6.45) is 0.102. The lowest BCUT2D eigenvalue weighted by molar-refractivity contribution is -0.0331. The number of benzene rings is 3. The van der Waals surface area contributed by atoms with Crippen LogP contribution in [0.25, 0.3) is 21.7 Å². The van der Waals surface area contributed by atoms with Crippen LogP contribution in [-0.4, -0.2) is 36.7 Å². The van der Waals surface area contributed by atoms with E-state index in [0.717, 1.165) is 32.0 Å². The van der Waals surface area contributed by atoms with Gasteiger partial charge in [-0.15, -0.1) is 0 Å². The third-order valence-electron chi connectivity index (χ3n) is 5.57. The summed E-state index contributed by atoms with van der Waals surface area (Å²) in [6, 6.07) is 23.5. The van der Waals surface area contributed by atoms with Crippen LogP contribution >= 0.6 is 0 Å². The zero-order valence-electron chi connectivity index (χ0n) is 16.0. The standard InChI is InChI=1S/C24H24N2O2/c1-27-22-9-8-17-12-20(7-6-18(17)14-22)24-16-26(10-11-28-24)15-21-13-19-4-2-3-5-23(19)25-21/h2-9,12-14,24-25H,10-11,15-16H2,1H3/t24-/m0/s1. The molecule has 1 atom stereocenters. The summed E-state index contributed by atoms with van der Waals surface area (Å²) in [5.41, 5.74) is 3.69. The number of fused-ring (bicyclic) bond motifs is 2. The maximum atomic E-state index is 6.11. The molecule has 3 aromatic carbocycles. The molecule has 4 heteroatoms. The molecule has 5 rings (SSSR count). The number of nitrogens with zero attached hydrogens (tertiary/aromatic N) is 1. The number of para-hydroxylation sites is 1. The van der Waals surface area contributed by atoms with E-state index in [0.29, 0.717) is 0 Å². The Bertz CT molecular complexity index is 1080. The van der Waals surface area contributed by atoms with Gasteiger partial charge in [0.1, 0.15) is 5.75 Å². The lowest BCUT2D eigenvalue weighted by Crippen LogP contribution is -2.37. The van der Waals surface area contributed by atoms with Gasteiger partial charge in [0, 0.05) is 30.8 Å². The fourth-order valence-corrected chi connectivity index (χ4v) is 4.08. The minimum Gasteiger partial charge on any atom is -0.497 e. The van der Waals surface area contributed by atoms with Crippen LogP contribution in [-0.2, 0) is 11.3 Å². The molecule has 0 saturated carbocycles. The van der Waals surface area contributed by atoms with E-state index in [1.54, 1.807) is 7.11 Å². The SMILES string of the molecule is COc1ccc2cc([C@@H]3CN(Cc4cc5ccccc5[nH]4)CCO3)ccc2c1. The number of ether oxygens (including phenoxy) is 2. The van der Waals surface area contributed by atoms with Crippen LogP contribution in [0.5, 0.6) is 5.75 Å². The zero-order valence-corrected chi connectivity index (χ0v) is 16.0. The van der Waals surface area contributed by atoms with Crippen molar-refractivity contribution in [2.24, 2.45) is 0 Å². The number of rotatable bonds is 4. The van der Waals surface area contributed by atoms with E-state index in [4.69, 9.17) is 9.47 Å². The minimum absolute atomic E-state index is 0.102. The van der Waals surface area contributed by atoms with Crippen LogP contribution in [0.2, 0.25) is 0 Å². The quantitative estimate of drug-likeness (QED) is 0.553. The van der Waals surface area contributed by atoms with Gasteiger partial charge < -0.3 is 14.5 Å². The first-order valence-corrected chi connectivity index (χ1v) is 9.77. The fraction of sp³-hybridized carbons (Fsp3) is 0.250. The Balaban J connectivity index is 1.34. The van der Waals surface area contributed by atoms with Gasteiger partial charge in [-0.3, -0.25) is 4.90 Å². The van der Waals surface area contributed by atoms with Crippen molar-refractivity contribution < 1.29 is 9.47 Å². The van der Waals surface area contributed by atoms with Crippen molar-refractivity contribution in [3.63, 3.8) is 0 Å². The molecule has 1 N–H and O–H groups in total. The summed E-state index contributed by atoms with van der Waals surface area (Å²) in [5, 5.41) is 3.68. The van der Waals surface area contributed by atoms with Gasteiger partial charge in [-0.1, -0.05) is 36.4 Å². The molecule has 1 aliphatic rings. The summed E-state index contributed by atoms with van der Waals surface area (Å²) in [7, 11) is 1.70. The Morgan fingerprint density at radius 3 is 2.75 bits per heavy atom. The minimum atomic E-state index is 0.102. The van der Waals surface area contributed by atoms with E-state index in [2.05, 4.69) is 70.5 Å². The number of morpholine rings is 1. The van der Waals surface area contributed by atoms with Crippen LogP contribution in [0.3, 0.4) is 0 Å². The molecule has 0 aliphatic carbocycles. The average Bonchev–Trinajstić information content (AvgIpc) is 3.15. The highest BCUT2D eigenvalue weighted by molar-refractivity contribution is 5.84. The third kappa shape index (κ3) is 3.37. The Kier molecular flexibility index (Phi) is 4.51. The summed E-state index contributed by atoms with van der Waals surface area (Å²) >= 11 is 0. The first-order chi connectivity index (χ1) is 13.8. The highest BCUT2D eigenvalue weighted by atomic mass is 16.5. The van der Waals surface area contributed by atoms with Crippen LogP contribution in [0.4, 0.5) is 0 Å². The molecule has 1 saturated heterocycles. The van der Waals surface area contributed by atoms with Gasteiger partial charge in [-0.25, -0.2) is 0 Å². The van der Waals surface area contributed by atoms with Crippen molar-refractivity contribution in [1.29, 1.82) is 0 Å². The predicted octanol–water partition coefficient (Wildman–Crippen LogP) is 4.90. The fourth-order valence-electron chi connectivity index (χ4n) is 4.08. The van der Waals surface area contributed by atoms with Crippen molar-refractivity contribution >= 4 is 21.7 Å². The smallest absolute Gasteiger partial charge is 0.119 e. The number of hydrogen-bond acceptors (Lipinski definition) is 3. The van der Waals surface area contributed by atoms with E-state index < -0.39 is 0 Å². The lowest BCUT2D eigenvalue weighted by Gasteiger charge is -2.33. The maximum Gasteiger partial charge on any atom is 0.119 e. The molecular formula is C24H24N2O2. The average molecular weight is 372 g/mol. The Morgan fingerprint density at radius 1 is 1.00 bits per heavy atom. The molecule has 0 unspecified atom stereocenters. The monoisotopic (exact) mass is 372 g/mol. The zero-order chi connectivity index (χ0) is 18.9. The third-order valence-corrected chi connectivity index (χ3v) is 5.57. The van der Waals surface area contributed by atoms with Crippen LogP contribution in [0.1, 0.15) is 17.4 Å². The molecule has 4 aromatic rings. The van der Waals surface area contributed by atoms with Crippen molar-refractivity contribution in [1.82, 2.24) is 9.88 Å². The second-order valence-corrected chi connectivity index (χ2v) is 7.45. The van der Waals surface area contributed by atoms with E-state index >= 15 is 0 Å². The lowest BCUT2D eigenvalue weighted by atomic mass is 10.0. The van der Waals surface area contributed by atoms with Gasteiger partial charge in [-0.2, -0.15) is 0 Å². The topological polar surface area (TPSA) is 37.5 Å². The summed E-state index contributed by atoms with van der Waals surface area (Å²) in [6.45, 7) is 3.53. The second kappa shape index (κ2) is 7.30. The first-order valence-electron chi connectivity index (χ1n) is 9.77. The van der Waals surface area contributed by atoms with Gasteiger partial charge in [0.25, 0.3) is 0 Å². The molecule has 0 spiro atoms. The molecule has 0 bridgehead atoms. The molecule has 4 nitrogen and oxygen atoms in total. The van der Waals surface area contributed by atoms with Gasteiger partial charge in [0.05, 0.1) is 19.8 Å². The summed E-state index contributed by atoms with van der Waals surface area (Å²) < 4.78 is 11.4. The maximum absolute atomic E-state index is 6.11. The molecule has 0 amide bonds. The van der Waals surface area contributed by atoms with E-state index in [1.807, 2.05) is 6.07 Å². The number of hydrogen-bond donors (Lipinski definition) is 1. The number of methoxy groups -OCH3 is 1. The van der Waals surface area contributed by atoms with Crippen LogP contribution < -0.4 is 4.74 Å². The Morgan fingerprint density at radius 2 is 1.86 bits per heavy atom. The van der Waals surface area contributed by atoms with Crippen molar-refractivity contribution in [2.45, 2.75) is 12.6 Å². The molecule has 0 radical (unpaired) electrons. The normalized spacial score (nSPS) is 18.0. The molecule has 2 heterocycles. The molecule has 142 valence electrons. The van der Waals surface area contributed by atoms with Crippen molar-refractivity contribution in [2.75, 3.05) is 26.8 Å². The molecule has 28 heavy (non-hydrogen) atoms. The van der Waals surface area contributed by atoms with Gasteiger partial charge in [0.15, 0.2) is 0 Å². The van der Waals surface area contributed by atoms with Gasteiger partial charge in [-0.05, 0) is 52.1 Å². The highest BCUT2D eigenvalue weighted by Crippen LogP contribution is 2.28. The second-order valence-electron chi connectivity index (χ2n) is 7.45. The van der Waals surface area contributed by atoms with Crippen molar-refractivity contribution in [3.8, 4) is 5.75 Å². The van der Waals surface area contributed by atoms with E-state index in [9.17, 15) is 0 Å². The van der Waals surface area contributed by atoms with Crippen LogP contribution in [0, 0.1) is 0 Å². The molecular weight excluding hydrogens is 348 g/mol. The predicted molar refractivity (Wildman–Crippen MR) is 113 cm³/mol. The molecule has 1 aromatic heterocycles. The highest BCUT2D eigenvalue weighted by Gasteiger charge is 2.22. The number of aromatic amines is 1. The number of nitrogens with one attached hydrogen (secondary N) is 1. The molecule has 1 fully saturated rings. The Labute approximate surface area is 164 Å². The first kappa shape index (κ1) is 17.3. The van der Waals surface area contributed by atoms with E-state index in [-0.39, 0.29) is 6.10 Å². The summed E-state index contributed by atoms with van der Waals surface area (Å²) in [4.78, 5) is 6.01. The number of aromatic nitrogens is 1. The van der Waals surface area contributed by atoms with Crippen molar-refractivity contribution in [3.05, 3.63) is 78.0 Å². The van der Waals surface area contributed by atoms with Gasteiger partial charge in [0.2, 0.25) is 0 Å². The summed E-state index contributed by atoms with van der Waals surface area (Å²) in [5.74, 6) is 0.888. The number of H-pyrrole nitrogens is 1. The van der Waals surface area contributed by atoms with Gasteiger partial charge >= 0.3 is 0 Å². The molecule has 1 aliphatic heterocycles.